The van der Waals surface area contributed by atoms with E-state index in [0.29, 0.717) is 0 Å². The summed E-state index contributed by atoms with van der Waals surface area (Å²) in [6, 6.07) is 12.0. The minimum Gasteiger partial charge on any atom is -0.337 e. The molecule has 0 unspecified atom stereocenters. The molecule has 1 heterocycles. The fourth-order valence-corrected chi connectivity index (χ4v) is 1.51. The molecule has 0 fully saturated rings. The van der Waals surface area contributed by atoms with Crippen LogP contribution in [0.3, 0.4) is 0 Å². The Bertz CT molecular complexity index is 470. The average molecular weight is 187 g/mol. The molecule has 0 amide bonds. The summed E-state index contributed by atoms with van der Waals surface area (Å²) in [5, 5.41) is 0. The van der Waals surface area contributed by atoms with Gasteiger partial charge in [0.15, 0.2) is 0 Å². The second-order valence-electron chi connectivity index (χ2n) is 3.10. The van der Waals surface area contributed by atoms with Crippen molar-refractivity contribution in [3.63, 3.8) is 0 Å². The third kappa shape index (κ3) is 1.37. The molecular weight excluding hydrogens is 174 g/mol. The Labute approximate surface area is 82.8 Å². The Balaban J connectivity index is 2.75. The maximum absolute atomic E-state index is 5.90. The lowest BCUT2D eigenvalue weighted by Gasteiger charge is -1.96. The molecule has 72 valence electrons. The van der Waals surface area contributed by atoms with E-state index in [1.165, 1.54) is 0 Å². The van der Waals surface area contributed by atoms with E-state index >= 15 is 0 Å². The van der Waals surface area contributed by atoms with Crippen LogP contribution in [0.4, 0.5) is 0 Å². The van der Waals surface area contributed by atoms with Crippen molar-refractivity contribution >= 4 is 0 Å². The summed E-state index contributed by atoms with van der Waals surface area (Å²) in [5.41, 5.74) is 2.94. The van der Waals surface area contributed by atoms with Gasteiger partial charge in [-0.1, -0.05) is 24.3 Å². The van der Waals surface area contributed by atoms with Crippen molar-refractivity contribution in [3.8, 4) is 11.3 Å². The topological polar surface area (TPSA) is 43.3 Å². The van der Waals surface area contributed by atoms with Gasteiger partial charge in [-0.15, -0.1) is 0 Å². The van der Waals surface area contributed by atoms with Gasteiger partial charge >= 0.3 is 0 Å². The summed E-state index contributed by atoms with van der Waals surface area (Å²) >= 11 is 0. The monoisotopic (exact) mass is 187 g/mol. The predicted molar refractivity (Wildman–Crippen MR) is 57.3 cm³/mol. The smallest absolute Gasteiger partial charge is 0.147 e. The lowest BCUT2D eigenvalue weighted by Crippen LogP contribution is -2.24. The Kier molecular flexibility index (Phi) is 2.23. The van der Waals surface area contributed by atoms with Crippen LogP contribution in [-0.4, -0.2) is 11.2 Å². The Morgan fingerprint density at radius 2 is 2.07 bits per heavy atom. The molecule has 0 radical (unpaired) electrons. The SMILES string of the molecule is CCN=c1cc2cccccc-2n1N. The summed E-state index contributed by atoms with van der Waals surface area (Å²) in [7, 11) is 0. The summed E-state index contributed by atoms with van der Waals surface area (Å²) in [6.45, 7) is 2.75. The third-order valence-corrected chi connectivity index (χ3v) is 2.16. The molecule has 2 aliphatic rings. The first kappa shape index (κ1) is 8.81. The van der Waals surface area contributed by atoms with Gasteiger partial charge in [0, 0.05) is 12.1 Å². The minimum atomic E-state index is 0.750. The number of fused-ring (bicyclic) bond motifs is 1. The zero-order valence-electron chi connectivity index (χ0n) is 8.14. The van der Waals surface area contributed by atoms with Crippen molar-refractivity contribution in [2.24, 2.45) is 4.99 Å². The molecule has 0 saturated heterocycles. The highest BCUT2D eigenvalue weighted by Crippen LogP contribution is 2.15. The highest BCUT2D eigenvalue weighted by atomic mass is 15.3. The Morgan fingerprint density at radius 1 is 1.29 bits per heavy atom. The molecule has 0 aromatic carbocycles. The molecule has 0 saturated carbocycles. The van der Waals surface area contributed by atoms with E-state index in [0.717, 1.165) is 23.3 Å². The first-order valence-electron chi connectivity index (χ1n) is 4.69. The lowest BCUT2D eigenvalue weighted by molar-refractivity contribution is 0.901. The van der Waals surface area contributed by atoms with E-state index in [9.17, 15) is 0 Å². The maximum Gasteiger partial charge on any atom is 0.147 e. The Hall–Kier alpha value is -1.77. The third-order valence-electron chi connectivity index (χ3n) is 2.16. The maximum atomic E-state index is 5.90. The molecule has 2 rings (SSSR count). The zero-order chi connectivity index (χ0) is 9.97. The number of hydrogen-bond acceptors (Lipinski definition) is 2. The van der Waals surface area contributed by atoms with Gasteiger partial charge < -0.3 is 5.84 Å². The molecular formula is C11H13N3. The molecule has 0 aromatic rings. The molecule has 0 atom stereocenters. The van der Waals surface area contributed by atoms with Gasteiger partial charge in [0.2, 0.25) is 0 Å². The highest BCUT2D eigenvalue weighted by molar-refractivity contribution is 5.60. The second kappa shape index (κ2) is 3.54. The van der Waals surface area contributed by atoms with Crippen LogP contribution in [0.25, 0.3) is 11.3 Å². The molecule has 3 heteroatoms. The number of nitrogens with two attached hydrogens (primary N) is 1. The molecule has 14 heavy (non-hydrogen) atoms. The van der Waals surface area contributed by atoms with E-state index in [1.807, 2.05) is 43.3 Å². The molecule has 0 bridgehead atoms. The standard InChI is InChI=1S/C11H13N3/c1-2-13-11-8-9-6-4-3-5-7-10(9)14(11)12/h3-8H,2,12H2,1H3. The van der Waals surface area contributed by atoms with E-state index in [-0.39, 0.29) is 0 Å². The Morgan fingerprint density at radius 3 is 2.86 bits per heavy atom. The largest absolute Gasteiger partial charge is 0.337 e. The predicted octanol–water partition coefficient (Wildman–Crippen LogP) is 1.23. The first-order chi connectivity index (χ1) is 6.83. The van der Waals surface area contributed by atoms with Gasteiger partial charge in [-0.2, -0.15) is 0 Å². The van der Waals surface area contributed by atoms with Gasteiger partial charge in [-0.25, -0.2) is 4.68 Å². The van der Waals surface area contributed by atoms with Gasteiger partial charge in [0.1, 0.15) is 5.49 Å². The molecule has 0 spiro atoms. The molecule has 0 aromatic heterocycles. The van der Waals surface area contributed by atoms with E-state index in [4.69, 9.17) is 5.84 Å². The second-order valence-corrected chi connectivity index (χ2v) is 3.10. The number of nitrogen functional groups attached to an aromatic ring is 1. The van der Waals surface area contributed by atoms with Crippen molar-refractivity contribution in [1.29, 1.82) is 0 Å². The summed E-state index contributed by atoms with van der Waals surface area (Å²) in [4.78, 5) is 4.30. The van der Waals surface area contributed by atoms with Crippen molar-refractivity contribution in [1.82, 2.24) is 4.68 Å². The van der Waals surface area contributed by atoms with Crippen molar-refractivity contribution < 1.29 is 0 Å². The normalized spacial score (nSPS) is 12.2. The number of rotatable bonds is 1. The van der Waals surface area contributed by atoms with Gasteiger partial charge in [0.25, 0.3) is 0 Å². The van der Waals surface area contributed by atoms with Gasteiger partial charge in [0.05, 0.1) is 5.69 Å². The average Bonchev–Trinajstić information content (AvgIpc) is 2.41. The van der Waals surface area contributed by atoms with Crippen LogP contribution >= 0.6 is 0 Å². The van der Waals surface area contributed by atoms with Gasteiger partial charge in [-0.3, -0.25) is 4.99 Å². The minimum absolute atomic E-state index is 0.750. The van der Waals surface area contributed by atoms with Crippen LogP contribution in [0.1, 0.15) is 6.92 Å². The van der Waals surface area contributed by atoms with E-state index in [1.54, 1.807) is 4.68 Å². The first-order valence-corrected chi connectivity index (χ1v) is 4.69. The summed E-state index contributed by atoms with van der Waals surface area (Å²) < 4.78 is 1.62. The van der Waals surface area contributed by atoms with Crippen molar-refractivity contribution in [3.05, 3.63) is 41.9 Å². The molecule has 2 N–H and O–H groups in total. The molecule has 3 nitrogen and oxygen atoms in total. The number of aromatic nitrogens is 1. The molecule has 1 aliphatic carbocycles. The number of nitrogens with zero attached hydrogens (tertiary/aromatic N) is 2. The highest BCUT2D eigenvalue weighted by Gasteiger charge is 2.05. The van der Waals surface area contributed by atoms with Crippen molar-refractivity contribution in [2.45, 2.75) is 6.92 Å². The van der Waals surface area contributed by atoms with Crippen LogP contribution in [0.15, 0.2) is 41.4 Å². The quantitative estimate of drug-likeness (QED) is 0.670. The van der Waals surface area contributed by atoms with Crippen LogP contribution in [0.5, 0.6) is 0 Å². The number of hydrogen-bond donors (Lipinski definition) is 1. The lowest BCUT2D eigenvalue weighted by atomic mass is 10.2. The van der Waals surface area contributed by atoms with Crippen LogP contribution in [-0.2, 0) is 0 Å². The fourth-order valence-electron chi connectivity index (χ4n) is 1.51. The zero-order valence-corrected chi connectivity index (χ0v) is 8.14. The summed E-state index contributed by atoms with van der Waals surface area (Å²) in [6.07, 6.45) is 0. The molecule has 1 aliphatic heterocycles. The van der Waals surface area contributed by atoms with Crippen LogP contribution < -0.4 is 11.3 Å². The fraction of sp³-hybridized carbons (Fsp3) is 0.182. The van der Waals surface area contributed by atoms with E-state index in [2.05, 4.69) is 4.99 Å². The van der Waals surface area contributed by atoms with Crippen molar-refractivity contribution in [2.75, 3.05) is 12.4 Å². The van der Waals surface area contributed by atoms with Crippen LogP contribution in [0, 0.1) is 0 Å². The van der Waals surface area contributed by atoms with E-state index < -0.39 is 0 Å². The van der Waals surface area contributed by atoms with Crippen LogP contribution in [0.2, 0.25) is 0 Å². The summed E-state index contributed by atoms with van der Waals surface area (Å²) in [5.74, 6) is 5.90. The van der Waals surface area contributed by atoms with Gasteiger partial charge in [-0.05, 0) is 19.1 Å².